The zero-order chi connectivity index (χ0) is 19.8. The number of carbonyl (C=O) groups excluding carboxylic acids is 1. The lowest BCUT2D eigenvalue weighted by Gasteiger charge is -2.16. The summed E-state index contributed by atoms with van der Waals surface area (Å²) in [6.07, 6.45) is 0. The molecule has 0 radical (unpaired) electrons. The van der Waals surface area contributed by atoms with Crippen LogP contribution in [0.5, 0.6) is 0 Å². The Kier molecular flexibility index (Phi) is 4.14. The molecule has 1 amide bonds. The summed E-state index contributed by atoms with van der Waals surface area (Å²) in [5, 5.41) is 3.36. The van der Waals surface area contributed by atoms with Crippen molar-refractivity contribution in [3.05, 3.63) is 108 Å². The van der Waals surface area contributed by atoms with Crippen LogP contribution < -0.4 is 5.73 Å². The fourth-order valence-corrected chi connectivity index (χ4v) is 4.15. The van der Waals surface area contributed by atoms with Gasteiger partial charge in [-0.15, -0.1) is 0 Å². The summed E-state index contributed by atoms with van der Waals surface area (Å²) in [5.74, 6) is -0.892. The molecule has 1 heterocycles. The van der Waals surface area contributed by atoms with E-state index in [-0.39, 0.29) is 5.91 Å². The van der Waals surface area contributed by atoms with Crippen LogP contribution in [-0.2, 0) is 4.79 Å². The van der Waals surface area contributed by atoms with Crippen LogP contribution in [0.1, 0.15) is 17.0 Å². The monoisotopic (exact) mass is 376 g/mol. The van der Waals surface area contributed by atoms with Crippen LogP contribution in [-0.4, -0.2) is 10.9 Å². The molecule has 1 aromatic heterocycles. The molecule has 0 spiro atoms. The zero-order valence-corrected chi connectivity index (χ0v) is 15.8. The standard InChI is InChI=1S/C26H20N2O/c27-26(29)23(18-9-2-1-3-10-18)24-21-12-6-7-13-22(21)28-25(24)20-15-14-17-8-4-5-11-19(17)16-20/h1-16,23,28H,(H2,27,29). The zero-order valence-electron chi connectivity index (χ0n) is 15.8. The van der Waals surface area contributed by atoms with Crippen molar-refractivity contribution < 1.29 is 4.79 Å². The number of benzene rings is 4. The van der Waals surface area contributed by atoms with Crippen LogP contribution in [0.3, 0.4) is 0 Å². The van der Waals surface area contributed by atoms with Crippen molar-refractivity contribution in [2.24, 2.45) is 5.73 Å². The van der Waals surface area contributed by atoms with Gasteiger partial charge in [0.05, 0.1) is 11.6 Å². The smallest absolute Gasteiger partial charge is 0.229 e. The highest BCUT2D eigenvalue weighted by molar-refractivity contribution is 6.00. The van der Waals surface area contributed by atoms with Gasteiger partial charge in [-0.2, -0.15) is 0 Å². The SMILES string of the molecule is NC(=O)C(c1ccccc1)c1c(-c2ccc3ccccc3c2)[nH]c2ccccc12. The molecule has 1 unspecified atom stereocenters. The number of fused-ring (bicyclic) bond motifs is 2. The summed E-state index contributed by atoms with van der Waals surface area (Å²) < 4.78 is 0. The average Bonchev–Trinajstić information content (AvgIpc) is 3.13. The Labute approximate surface area is 168 Å². The van der Waals surface area contributed by atoms with Gasteiger partial charge < -0.3 is 10.7 Å². The number of carbonyl (C=O) groups is 1. The topological polar surface area (TPSA) is 58.9 Å². The molecule has 140 valence electrons. The van der Waals surface area contributed by atoms with E-state index in [1.54, 1.807) is 0 Å². The van der Waals surface area contributed by atoms with E-state index in [1.165, 1.54) is 5.39 Å². The Morgan fingerprint density at radius 2 is 1.45 bits per heavy atom. The number of nitrogens with two attached hydrogens (primary N) is 1. The molecule has 29 heavy (non-hydrogen) atoms. The van der Waals surface area contributed by atoms with Crippen LogP contribution in [0, 0.1) is 0 Å². The average molecular weight is 376 g/mol. The van der Waals surface area contributed by atoms with Crippen LogP contribution >= 0.6 is 0 Å². The van der Waals surface area contributed by atoms with Crippen LogP contribution in [0.2, 0.25) is 0 Å². The number of para-hydroxylation sites is 1. The van der Waals surface area contributed by atoms with Crippen molar-refractivity contribution in [1.29, 1.82) is 0 Å². The Balaban J connectivity index is 1.81. The lowest BCUT2D eigenvalue weighted by atomic mass is 9.87. The number of hydrogen-bond donors (Lipinski definition) is 2. The Morgan fingerprint density at radius 3 is 2.24 bits per heavy atom. The number of H-pyrrole nitrogens is 1. The van der Waals surface area contributed by atoms with Gasteiger partial charge in [0.1, 0.15) is 0 Å². The van der Waals surface area contributed by atoms with Crippen molar-refractivity contribution in [2.75, 3.05) is 0 Å². The first-order chi connectivity index (χ1) is 14.2. The number of hydrogen-bond acceptors (Lipinski definition) is 1. The first-order valence-corrected chi connectivity index (χ1v) is 9.66. The molecule has 0 aliphatic carbocycles. The number of aromatic nitrogens is 1. The van der Waals surface area contributed by atoms with E-state index in [0.717, 1.165) is 38.7 Å². The summed E-state index contributed by atoms with van der Waals surface area (Å²) >= 11 is 0. The van der Waals surface area contributed by atoms with E-state index in [4.69, 9.17) is 5.73 Å². The molecule has 3 heteroatoms. The summed E-state index contributed by atoms with van der Waals surface area (Å²) in [6, 6.07) is 32.5. The van der Waals surface area contributed by atoms with E-state index in [0.29, 0.717) is 0 Å². The second kappa shape index (κ2) is 6.95. The van der Waals surface area contributed by atoms with Crippen molar-refractivity contribution in [1.82, 2.24) is 4.98 Å². The molecular weight excluding hydrogens is 356 g/mol. The van der Waals surface area contributed by atoms with Gasteiger partial charge in [-0.1, -0.05) is 84.9 Å². The van der Waals surface area contributed by atoms with Crippen molar-refractivity contribution in [3.8, 4) is 11.3 Å². The highest BCUT2D eigenvalue weighted by Gasteiger charge is 2.27. The van der Waals surface area contributed by atoms with E-state index in [2.05, 4.69) is 35.3 Å². The third-order valence-corrected chi connectivity index (χ3v) is 5.49. The lowest BCUT2D eigenvalue weighted by molar-refractivity contribution is -0.118. The minimum atomic E-state index is -0.533. The third kappa shape index (κ3) is 2.97. The van der Waals surface area contributed by atoms with Gasteiger partial charge in [-0.25, -0.2) is 0 Å². The molecule has 3 nitrogen and oxygen atoms in total. The van der Waals surface area contributed by atoms with Gasteiger partial charge in [0.15, 0.2) is 0 Å². The number of amides is 1. The summed E-state index contributed by atoms with van der Waals surface area (Å²) in [6.45, 7) is 0. The van der Waals surface area contributed by atoms with Gasteiger partial charge in [0, 0.05) is 16.5 Å². The largest absolute Gasteiger partial charge is 0.369 e. The Bertz CT molecular complexity index is 1330. The number of nitrogens with one attached hydrogen (secondary N) is 1. The van der Waals surface area contributed by atoms with E-state index in [9.17, 15) is 4.79 Å². The predicted molar refractivity (Wildman–Crippen MR) is 119 cm³/mol. The summed E-state index contributed by atoms with van der Waals surface area (Å²) in [7, 11) is 0. The molecule has 1 atom stereocenters. The normalized spacial score (nSPS) is 12.3. The van der Waals surface area contributed by atoms with Gasteiger partial charge in [0.25, 0.3) is 0 Å². The van der Waals surface area contributed by atoms with E-state index >= 15 is 0 Å². The van der Waals surface area contributed by atoms with E-state index in [1.807, 2.05) is 66.7 Å². The number of primary amides is 1. The quantitative estimate of drug-likeness (QED) is 0.421. The first kappa shape index (κ1) is 17.3. The fourth-order valence-electron chi connectivity index (χ4n) is 4.15. The summed E-state index contributed by atoms with van der Waals surface area (Å²) in [4.78, 5) is 16.2. The second-order valence-corrected chi connectivity index (χ2v) is 7.27. The van der Waals surface area contributed by atoms with Crippen molar-refractivity contribution in [3.63, 3.8) is 0 Å². The second-order valence-electron chi connectivity index (χ2n) is 7.27. The molecule has 0 fully saturated rings. The van der Waals surface area contributed by atoms with Crippen molar-refractivity contribution >= 4 is 27.6 Å². The number of aromatic amines is 1. The fraction of sp³-hybridized carbons (Fsp3) is 0.0385. The van der Waals surface area contributed by atoms with E-state index < -0.39 is 5.92 Å². The maximum absolute atomic E-state index is 12.6. The molecule has 0 saturated carbocycles. The molecule has 0 saturated heterocycles. The molecule has 5 aromatic rings. The minimum Gasteiger partial charge on any atom is -0.369 e. The molecular formula is C26H20N2O. The lowest BCUT2D eigenvalue weighted by Crippen LogP contribution is -2.22. The molecule has 4 aromatic carbocycles. The first-order valence-electron chi connectivity index (χ1n) is 9.66. The van der Waals surface area contributed by atoms with Crippen molar-refractivity contribution in [2.45, 2.75) is 5.92 Å². The highest BCUT2D eigenvalue weighted by atomic mass is 16.1. The summed E-state index contributed by atoms with van der Waals surface area (Å²) in [5.41, 5.74) is 10.7. The maximum atomic E-state index is 12.6. The maximum Gasteiger partial charge on any atom is 0.229 e. The minimum absolute atomic E-state index is 0.358. The predicted octanol–water partition coefficient (Wildman–Crippen LogP) is 5.61. The van der Waals surface area contributed by atoms with Crippen LogP contribution in [0.4, 0.5) is 0 Å². The van der Waals surface area contributed by atoms with Gasteiger partial charge in [-0.05, 0) is 34.0 Å². The molecule has 0 bridgehead atoms. The Hall–Kier alpha value is -3.85. The van der Waals surface area contributed by atoms with Crippen LogP contribution in [0.15, 0.2) is 97.1 Å². The highest BCUT2D eigenvalue weighted by Crippen LogP contribution is 2.39. The Morgan fingerprint density at radius 1 is 0.759 bits per heavy atom. The van der Waals surface area contributed by atoms with Gasteiger partial charge in [-0.3, -0.25) is 4.79 Å². The van der Waals surface area contributed by atoms with Gasteiger partial charge in [0.2, 0.25) is 5.91 Å². The van der Waals surface area contributed by atoms with Crippen LogP contribution in [0.25, 0.3) is 32.9 Å². The molecule has 0 aliphatic heterocycles. The van der Waals surface area contributed by atoms with Gasteiger partial charge >= 0.3 is 0 Å². The molecule has 3 N–H and O–H groups in total. The molecule has 0 aliphatic rings. The molecule has 5 rings (SSSR count). The third-order valence-electron chi connectivity index (χ3n) is 5.49. The number of rotatable bonds is 4.